The average molecular weight is 374 g/mol. The summed E-state index contributed by atoms with van der Waals surface area (Å²) in [6, 6.07) is 6.25. The van der Waals surface area contributed by atoms with Crippen LogP contribution in [0.25, 0.3) is 5.13 Å². The first-order valence-electron chi connectivity index (χ1n) is 7.36. The van der Waals surface area contributed by atoms with E-state index in [9.17, 15) is 9.90 Å². The Balaban J connectivity index is 1.83. The molecule has 2 aromatic heterocycles. The number of halogens is 1. The van der Waals surface area contributed by atoms with Gasteiger partial charge in [-0.05, 0) is 37.6 Å². The number of nitrogens with zero attached hydrogens (tertiary/aromatic N) is 3. The number of aryl methyl sites for hydroxylation is 1. The van der Waals surface area contributed by atoms with E-state index in [1.807, 2.05) is 25.3 Å². The predicted octanol–water partition coefficient (Wildman–Crippen LogP) is 3.01. The molecule has 0 atom stereocenters. The molecule has 0 radical (unpaired) electrons. The van der Waals surface area contributed by atoms with Crippen LogP contribution >= 0.6 is 22.9 Å². The molecule has 6 nitrogen and oxygen atoms in total. The summed E-state index contributed by atoms with van der Waals surface area (Å²) in [5.41, 5.74) is 6.18. The smallest absolute Gasteiger partial charge is 0.193 e. The molecule has 0 saturated carbocycles. The van der Waals surface area contributed by atoms with Gasteiger partial charge in [-0.15, -0.1) is 11.3 Å². The molecule has 0 aliphatic carbocycles. The second-order valence-corrected chi connectivity index (χ2v) is 6.61. The highest BCUT2D eigenvalue weighted by molar-refractivity contribution is 7.12. The Kier molecular flexibility index (Phi) is 4.87. The summed E-state index contributed by atoms with van der Waals surface area (Å²) in [7, 11) is 0. The lowest BCUT2D eigenvalue weighted by atomic mass is 10.2. The Morgan fingerprint density at radius 3 is 2.88 bits per heavy atom. The minimum absolute atomic E-state index is 0.0315. The van der Waals surface area contributed by atoms with Crippen molar-refractivity contribution in [1.29, 1.82) is 0 Å². The molecule has 0 aliphatic heterocycles. The number of carboxylic acids is 1. The number of benzene rings is 1. The van der Waals surface area contributed by atoms with Gasteiger partial charge >= 0.3 is 0 Å². The number of carbonyl (C=O) groups is 1. The van der Waals surface area contributed by atoms with Crippen LogP contribution < -0.4 is 10.5 Å². The van der Waals surface area contributed by atoms with Gasteiger partial charge in [0.2, 0.25) is 0 Å². The summed E-state index contributed by atoms with van der Waals surface area (Å²) >= 11 is 7.61. The van der Waals surface area contributed by atoms with Gasteiger partial charge in [0.05, 0.1) is 22.9 Å². The van der Waals surface area contributed by atoms with Crippen molar-refractivity contribution in [1.82, 2.24) is 9.55 Å². The molecule has 2 heterocycles. The molecule has 0 spiro atoms. The Labute approximate surface area is 153 Å². The number of hydrazone groups is 1. The topological polar surface area (TPSA) is 82.3 Å². The lowest BCUT2D eigenvalue weighted by Gasteiger charge is -2.07. The number of aromatic nitrogens is 2. The van der Waals surface area contributed by atoms with Crippen LogP contribution in [0.1, 0.15) is 27.3 Å². The quantitative estimate of drug-likeness (QED) is 0.550. The summed E-state index contributed by atoms with van der Waals surface area (Å²) in [5, 5.41) is 18.3. The molecule has 0 amide bonds. The maximum atomic E-state index is 10.9. The molecule has 3 aromatic rings. The summed E-state index contributed by atoms with van der Waals surface area (Å²) in [5.74, 6) is -1.27. The molecule has 1 aromatic carbocycles. The van der Waals surface area contributed by atoms with E-state index in [4.69, 9.17) is 11.6 Å². The van der Waals surface area contributed by atoms with Crippen molar-refractivity contribution in [3.05, 3.63) is 63.4 Å². The average Bonchev–Trinajstić information content (AvgIpc) is 3.17. The van der Waals surface area contributed by atoms with Crippen molar-refractivity contribution in [3.63, 3.8) is 0 Å². The van der Waals surface area contributed by atoms with E-state index in [-0.39, 0.29) is 5.56 Å². The third-order valence-corrected chi connectivity index (χ3v) is 4.76. The first-order valence-corrected chi connectivity index (χ1v) is 8.62. The maximum absolute atomic E-state index is 10.9. The summed E-state index contributed by atoms with van der Waals surface area (Å²) in [6.45, 7) is 3.98. The zero-order valence-electron chi connectivity index (χ0n) is 13.5. The van der Waals surface area contributed by atoms with Gasteiger partial charge in [-0.25, -0.2) is 4.98 Å². The van der Waals surface area contributed by atoms with Gasteiger partial charge in [0.1, 0.15) is 0 Å². The second-order valence-electron chi connectivity index (χ2n) is 5.33. The van der Waals surface area contributed by atoms with Crippen molar-refractivity contribution >= 4 is 40.8 Å². The number of hydrogen-bond donors (Lipinski definition) is 1. The molecule has 0 saturated heterocycles. The first kappa shape index (κ1) is 17.2. The molecule has 1 N–H and O–H groups in total. The van der Waals surface area contributed by atoms with Crippen molar-refractivity contribution in [3.8, 4) is 5.13 Å². The number of carboxylic acid groups (broad SMARTS) is 1. The summed E-state index contributed by atoms with van der Waals surface area (Å²) < 4.78 is 2.05. The van der Waals surface area contributed by atoms with Crippen LogP contribution in [0.3, 0.4) is 0 Å². The second kappa shape index (κ2) is 7.08. The fourth-order valence-electron chi connectivity index (χ4n) is 2.45. The highest BCUT2D eigenvalue weighted by atomic mass is 35.5. The van der Waals surface area contributed by atoms with Crippen LogP contribution in [0.2, 0.25) is 5.02 Å². The lowest BCUT2D eigenvalue weighted by molar-refractivity contribution is -0.255. The number of rotatable bonds is 5. The fraction of sp³-hybridized carbons (Fsp3) is 0.118. The predicted molar refractivity (Wildman–Crippen MR) is 97.9 cm³/mol. The Morgan fingerprint density at radius 1 is 1.40 bits per heavy atom. The van der Waals surface area contributed by atoms with E-state index < -0.39 is 5.97 Å². The number of nitrogens with one attached hydrogen (secondary N) is 1. The van der Waals surface area contributed by atoms with Crippen LogP contribution in [0.15, 0.2) is 40.9 Å². The standard InChI is InChI=1S/C17H15ClN4O2S/c1-10-7-13(11(2)22(10)17-19-5-6-25-17)9-20-21-15-8-12(16(23)24)3-4-14(15)18/h3-9,21H,1-2H3,(H,23,24)/p-1/b20-9-. The molecular formula is C17H14ClN4O2S-. The Bertz CT molecular complexity index is 948. The molecule has 0 fully saturated rings. The number of aromatic carboxylic acids is 1. The Hall–Kier alpha value is -2.64. The van der Waals surface area contributed by atoms with Gasteiger partial charge in [0.15, 0.2) is 5.13 Å². The molecular weight excluding hydrogens is 360 g/mol. The van der Waals surface area contributed by atoms with Crippen molar-refractivity contribution in [2.45, 2.75) is 13.8 Å². The van der Waals surface area contributed by atoms with Crippen LogP contribution in [0.5, 0.6) is 0 Å². The normalized spacial score (nSPS) is 11.2. The van der Waals surface area contributed by atoms with E-state index in [0.29, 0.717) is 10.7 Å². The summed E-state index contributed by atoms with van der Waals surface area (Å²) in [6.07, 6.45) is 3.43. The van der Waals surface area contributed by atoms with Gasteiger partial charge in [0, 0.05) is 28.5 Å². The zero-order chi connectivity index (χ0) is 18.0. The van der Waals surface area contributed by atoms with E-state index in [1.54, 1.807) is 23.7 Å². The van der Waals surface area contributed by atoms with Gasteiger partial charge < -0.3 is 9.90 Å². The van der Waals surface area contributed by atoms with Gasteiger partial charge in [-0.2, -0.15) is 5.10 Å². The molecule has 25 heavy (non-hydrogen) atoms. The van der Waals surface area contributed by atoms with E-state index in [1.165, 1.54) is 18.2 Å². The van der Waals surface area contributed by atoms with Gasteiger partial charge in [-0.3, -0.25) is 9.99 Å². The Morgan fingerprint density at radius 2 is 2.20 bits per heavy atom. The number of thiazole rings is 1. The van der Waals surface area contributed by atoms with Crippen LogP contribution in [-0.2, 0) is 0 Å². The number of hydrogen-bond acceptors (Lipinski definition) is 6. The van der Waals surface area contributed by atoms with Crippen LogP contribution in [0, 0.1) is 13.8 Å². The molecule has 0 bridgehead atoms. The molecule has 0 aliphatic rings. The van der Waals surface area contributed by atoms with Crippen LogP contribution in [0.4, 0.5) is 5.69 Å². The molecule has 0 unspecified atom stereocenters. The van der Waals surface area contributed by atoms with Crippen molar-refractivity contribution in [2.24, 2.45) is 5.10 Å². The zero-order valence-corrected chi connectivity index (χ0v) is 15.1. The highest BCUT2D eigenvalue weighted by Gasteiger charge is 2.11. The fourth-order valence-corrected chi connectivity index (χ4v) is 3.36. The minimum atomic E-state index is -1.27. The van der Waals surface area contributed by atoms with Crippen molar-refractivity contribution in [2.75, 3.05) is 5.43 Å². The van der Waals surface area contributed by atoms with E-state index in [0.717, 1.165) is 22.1 Å². The van der Waals surface area contributed by atoms with Gasteiger partial charge in [0.25, 0.3) is 0 Å². The van der Waals surface area contributed by atoms with Crippen molar-refractivity contribution < 1.29 is 9.90 Å². The third-order valence-electron chi connectivity index (χ3n) is 3.67. The van der Waals surface area contributed by atoms with E-state index in [2.05, 4.69) is 20.1 Å². The first-order chi connectivity index (χ1) is 12.0. The minimum Gasteiger partial charge on any atom is -0.545 e. The van der Waals surface area contributed by atoms with Crippen LogP contribution in [-0.4, -0.2) is 21.7 Å². The summed E-state index contributed by atoms with van der Waals surface area (Å²) in [4.78, 5) is 15.3. The lowest BCUT2D eigenvalue weighted by Crippen LogP contribution is -2.22. The monoisotopic (exact) mass is 373 g/mol. The number of carbonyl (C=O) groups excluding carboxylic acids is 1. The molecule has 128 valence electrons. The van der Waals surface area contributed by atoms with E-state index >= 15 is 0 Å². The maximum Gasteiger partial charge on any atom is 0.193 e. The highest BCUT2D eigenvalue weighted by Crippen LogP contribution is 2.24. The number of anilines is 1. The van der Waals surface area contributed by atoms with Gasteiger partial charge in [-0.1, -0.05) is 17.7 Å². The third kappa shape index (κ3) is 3.57. The molecule has 3 rings (SSSR count). The molecule has 8 heteroatoms. The SMILES string of the molecule is Cc1cc(/C=N\Nc2cc(C(=O)[O-])ccc2Cl)c(C)n1-c1nccs1. The largest absolute Gasteiger partial charge is 0.545 e.